The molecule has 10 heteroatoms. The van der Waals surface area contributed by atoms with Crippen molar-refractivity contribution in [3.63, 3.8) is 0 Å². The van der Waals surface area contributed by atoms with Gasteiger partial charge in [0.15, 0.2) is 5.65 Å². The third-order valence-electron chi connectivity index (χ3n) is 5.39. The predicted molar refractivity (Wildman–Crippen MR) is 128 cm³/mol. The van der Waals surface area contributed by atoms with Crippen molar-refractivity contribution < 1.29 is 9.53 Å². The molecule has 0 aliphatic heterocycles. The number of nitrogens with two attached hydrogens (primary N) is 2. The molecule has 5 N–H and O–H groups in total. The number of carbonyl (C=O) groups is 1. The van der Waals surface area contributed by atoms with Crippen LogP contribution in [0.1, 0.15) is 28.9 Å². The molecule has 0 bridgehead atoms. The van der Waals surface area contributed by atoms with E-state index >= 15 is 0 Å². The Morgan fingerprint density at radius 2 is 1.73 bits per heavy atom. The van der Waals surface area contributed by atoms with Crippen LogP contribution in [0, 0.1) is 0 Å². The van der Waals surface area contributed by atoms with Gasteiger partial charge in [-0.1, -0.05) is 12.1 Å². The molecule has 10 nitrogen and oxygen atoms in total. The number of hydrogen-bond acceptors (Lipinski definition) is 9. The molecule has 2 heterocycles. The number of aromatic nitrogens is 4. The van der Waals surface area contributed by atoms with Crippen molar-refractivity contribution in [1.82, 2.24) is 19.9 Å². The molecular weight excluding hydrogens is 420 g/mol. The van der Waals surface area contributed by atoms with Gasteiger partial charge in [-0.3, -0.25) is 4.79 Å². The molecule has 0 aliphatic carbocycles. The van der Waals surface area contributed by atoms with Crippen molar-refractivity contribution in [3.8, 4) is 5.75 Å². The van der Waals surface area contributed by atoms with Crippen molar-refractivity contribution in [1.29, 1.82) is 0 Å². The van der Waals surface area contributed by atoms with Crippen molar-refractivity contribution in [2.24, 2.45) is 0 Å². The van der Waals surface area contributed by atoms with Gasteiger partial charge in [0.1, 0.15) is 11.6 Å². The number of amides is 1. The average Bonchev–Trinajstić information content (AvgIpc) is 2.83. The summed E-state index contributed by atoms with van der Waals surface area (Å²) >= 11 is 0. The average molecular weight is 444 g/mol. The summed E-state index contributed by atoms with van der Waals surface area (Å²) in [6.45, 7) is 2.03. The summed E-state index contributed by atoms with van der Waals surface area (Å²) in [5.74, 6) is 1.29. The normalized spacial score (nSPS) is 11.7. The maximum absolute atomic E-state index is 12.5. The number of methoxy groups -OCH3 is 1. The number of fused-ring (bicyclic) bond motifs is 1. The number of ether oxygens (including phenoxy) is 1. The largest absolute Gasteiger partial charge is 0.497 e. The minimum Gasteiger partial charge on any atom is -0.497 e. The van der Waals surface area contributed by atoms with Gasteiger partial charge in [0, 0.05) is 24.5 Å². The molecule has 1 atom stereocenters. The van der Waals surface area contributed by atoms with Crippen LogP contribution in [0.5, 0.6) is 5.75 Å². The van der Waals surface area contributed by atoms with Crippen LogP contribution in [0.2, 0.25) is 0 Å². The van der Waals surface area contributed by atoms with Crippen LogP contribution in [0.15, 0.2) is 54.7 Å². The fraction of sp³-hybridized carbons (Fsp3) is 0.174. The third-order valence-corrected chi connectivity index (χ3v) is 5.39. The van der Waals surface area contributed by atoms with E-state index in [2.05, 4.69) is 25.3 Å². The highest BCUT2D eigenvalue weighted by Gasteiger charge is 2.17. The zero-order valence-electron chi connectivity index (χ0n) is 18.5. The van der Waals surface area contributed by atoms with Crippen LogP contribution in [0.3, 0.4) is 0 Å². The Kier molecular flexibility index (Phi) is 5.90. The van der Waals surface area contributed by atoms with Gasteiger partial charge in [-0.2, -0.15) is 15.0 Å². The fourth-order valence-electron chi connectivity index (χ4n) is 3.30. The first-order valence-electron chi connectivity index (χ1n) is 10.2. The van der Waals surface area contributed by atoms with Gasteiger partial charge in [-0.05, 0) is 48.9 Å². The molecule has 168 valence electrons. The minimum absolute atomic E-state index is 0.0506. The van der Waals surface area contributed by atoms with Gasteiger partial charge in [0.25, 0.3) is 5.91 Å². The molecule has 0 saturated carbocycles. The Morgan fingerprint density at radius 1 is 1.03 bits per heavy atom. The topological polar surface area (TPSA) is 145 Å². The Morgan fingerprint density at radius 3 is 2.39 bits per heavy atom. The summed E-state index contributed by atoms with van der Waals surface area (Å²) in [7, 11) is 3.47. The summed E-state index contributed by atoms with van der Waals surface area (Å²) in [6, 6.07) is 14.5. The number of hydrogen-bond donors (Lipinski definition) is 3. The van der Waals surface area contributed by atoms with Crippen molar-refractivity contribution in [2.75, 3.05) is 35.8 Å². The molecule has 4 rings (SSSR count). The highest BCUT2D eigenvalue weighted by atomic mass is 16.5. The van der Waals surface area contributed by atoms with Gasteiger partial charge in [0.2, 0.25) is 11.9 Å². The van der Waals surface area contributed by atoms with Crippen LogP contribution >= 0.6 is 0 Å². The van der Waals surface area contributed by atoms with Crippen LogP contribution in [-0.2, 0) is 0 Å². The Bertz CT molecular complexity index is 1290. The quantitative estimate of drug-likeness (QED) is 0.408. The summed E-state index contributed by atoms with van der Waals surface area (Å²) in [6.07, 6.45) is 1.59. The fourth-order valence-corrected chi connectivity index (χ4v) is 3.30. The van der Waals surface area contributed by atoms with E-state index in [0.717, 1.165) is 5.56 Å². The number of nitrogens with zero attached hydrogens (tertiary/aromatic N) is 5. The highest BCUT2D eigenvalue weighted by molar-refractivity contribution is 6.04. The first-order valence-corrected chi connectivity index (χ1v) is 10.2. The molecule has 1 amide bonds. The minimum atomic E-state index is -0.194. The standard InChI is InChI=1S/C23H24N8O2/c1-13(31(2)23-26-12-18-19(24)28-22(25)29-20(18)30-23)14-4-8-16(9-5-14)27-21(32)15-6-10-17(33-3)11-7-15/h4-13H,1-3H3,(H,27,32)(H4,24,25,26,28,29,30). The van der Waals surface area contributed by atoms with Crippen molar-refractivity contribution >= 4 is 40.3 Å². The van der Waals surface area contributed by atoms with Gasteiger partial charge in [-0.25, -0.2) is 4.98 Å². The van der Waals surface area contributed by atoms with Gasteiger partial charge < -0.3 is 26.4 Å². The van der Waals surface area contributed by atoms with E-state index in [1.54, 1.807) is 37.6 Å². The molecule has 0 radical (unpaired) electrons. The Balaban J connectivity index is 1.47. The number of carbonyl (C=O) groups excluding carboxylic acids is 1. The molecule has 2 aromatic carbocycles. The number of rotatable bonds is 6. The van der Waals surface area contributed by atoms with E-state index in [1.807, 2.05) is 43.1 Å². The molecule has 0 aliphatic rings. The maximum Gasteiger partial charge on any atom is 0.255 e. The zero-order valence-corrected chi connectivity index (χ0v) is 18.5. The second kappa shape index (κ2) is 8.95. The molecule has 33 heavy (non-hydrogen) atoms. The van der Waals surface area contributed by atoms with Crippen molar-refractivity contribution in [2.45, 2.75) is 13.0 Å². The summed E-state index contributed by atoms with van der Waals surface area (Å²) < 4.78 is 5.12. The van der Waals surface area contributed by atoms with Crippen LogP contribution < -0.4 is 26.4 Å². The lowest BCUT2D eigenvalue weighted by Crippen LogP contribution is -2.24. The molecule has 1 unspecified atom stereocenters. The van der Waals surface area contributed by atoms with Crippen LogP contribution in [0.4, 0.5) is 23.4 Å². The van der Waals surface area contributed by atoms with Crippen molar-refractivity contribution in [3.05, 3.63) is 65.9 Å². The Hall–Kier alpha value is -4.47. The molecule has 4 aromatic rings. The van der Waals surface area contributed by atoms with E-state index in [9.17, 15) is 4.79 Å². The lowest BCUT2D eigenvalue weighted by atomic mass is 10.1. The lowest BCUT2D eigenvalue weighted by molar-refractivity contribution is 0.102. The molecule has 2 aromatic heterocycles. The molecular formula is C23H24N8O2. The van der Waals surface area contributed by atoms with Gasteiger partial charge >= 0.3 is 0 Å². The molecule has 0 saturated heterocycles. The second-order valence-electron chi connectivity index (χ2n) is 7.47. The summed E-state index contributed by atoms with van der Waals surface area (Å²) in [4.78, 5) is 31.3. The van der Waals surface area contributed by atoms with E-state index in [4.69, 9.17) is 16.2 Å². The monoisotopic (exact) mass is 444 g/mol. The molecule has 0 spiro atoms. The van der Waals surface area contributed by atoms with Gasteiger partial charge in [-0.15, -0.1) is 0 Å². The zero-order chi connectivity index (χ0) is 23.5. The smallest absolute Gasteiger partial charge is 0.255 e. The van der Waals surface area contributed by atoms with E-state index in [1.165, 1.54) is 0 Å². The predicted octanol–water partition coefficient (Wildman–Crippen LogP) is 3.04. The second-order valence-corrected chi connectivity index (χ2v) is 7.47. The summed E-state index contributed by atoms with van der Waals surface area (Å²) in [5, 5.41) is 3.44. The van der Waals surface area contributed by atoms with E-state index in [0.29, 0.717) is 34.0 Å². The Labute approximate surface area is 190 Å². The summed E-state index contributed by atoms with van der Waals surface area (Å²) in [5.41, 5.74) is 14.2. The highest BCUT2D eigenvalue weighted by Crippen LogP contribution is 2.26. The first-order chi connectivity index (χ1) is 15.9. The van der Waals surface area contributed by atoms with E-state index < -0.39 is 0 Å². The number of anilines is 4. The lowest BCUT2D eigenvalue weighted by Gasteiger charge is -2.25. The maximum atomic E-state index is 12.5. The number of benzene rings is 2. The number of nitrogens with one attached hydrogen (secondary N) is 1. The first kappa shape index (κ1) is 21.8. The van der Waals surface area contributed by atoms with Crippen LogP contribution in [-0.4, -0.2) is 40.0 Å². The number of nitrogen functional groups attached to an aromatic ring is 2. The molecule has 0 fully saturated rings. The van der Waals surface area contributed by atoms with Crippen LogP contribution in [0.25, 0.3) is 11.0 Å². The van der Waals surface area contributed by atoms with Gasteiger partial charge in [0.05, 0.1) is 18.5 Å². The third kappa shape index (κ3) is 4.59. The SMILES string of the molecule is COc1ccc(C(=O)Nc2ccc(C(C)N(C)c3ncc4c(N)nc(N)nc4n3)cc2)cc1. The van der Waals surface area contributed by atoms with E-state index in [-0.39, 0.29) is 23.7 Å².